The van der Waals surface area contributed by atoms with E-state index in [1.54, 1.807) is 4.90 Å². The highest BCUT2D eigenvalue weighted by Crippen LogP contribution is 2.11. The summed E-state index contributed by atoms with van der Waals surface area (Å²) in [6.07, 6.45) is 0.591. The summed E-state index contributed by atoms with van der Waals surface area (Å²) in [5.41, 5.74) is 5.50. The molecule has 5 nitrogen and oxygen atoms in total. The number of anilines is 1. The molecule has 0 amide bonds. The Morgan fingerprint density at radius 3 is 2.46 bits per heavy atom. The van der Waals surface area contributed by atoms with Gasteiger partial charge in [0.25, 0.3) is 5.95 Å². The number of aromatic nitrogens is 2. The van der Waals surface area contributed by atoms with Crippen molar-refractivity contribution in [2.75, 3.05) is 19.0 Å². The predicted octanol–water partition coefficient (Wildman–Crippen LogP) is 0.415. The number of nitrogens with zero attached hydrogens (tertiary/aromatic N) is 3. The van der Waals surface area contributed by atoms with Crippen LogP contribution < -0.4 is 10.6 Å². The quantitative estimate of drug-likeness (QED) is 0.737. The molecule has 0 aromatic carbocycles. The molecule has 2 N–H and O–H groups in total. The van der Waals surface area contributed by atoms with Gasteiger partial charge < -0.3 is 15.2 Å². The second-order valence-electron chi connectivity index (χ2n) is 4.05. The van der Waals surface area contributed by atoms with Gasteiger partial charge in [-0.3, -0.25) is 0 Å². The molecule has 0 aliphatic carbocycles. The van der Waals surface area contributed by atoms with E-state index in [0.29, 0.717) is 18.3 Å². The Morgan fingerprint density at radius 2 is 2.08 bits per heavy atom. The smallest absolute Gasteiger partial charge is 0.265 e. The molecule has 0 bridgehead atoms. The minimum Gasteiger partial charge on any atom is -0.344 e. The first kappa shape index (κ1) is 9.98. The number of rotatable bonds is 3. The maximum atomic E-state index is 5.81. The van der Waals surface area contributed by atoms with Crippen LogP contribution in [0.25, 0.3) is 0 Å². The second-order valence-corrected chi connectivity index (χ2v) is 4.05. The standard InChI is InChI=1S/C8H16N4O/c1-8(2,9)5-6-10-7(11-13-6)12(3)4/h5,9H2,1-4H3. The molecule has 0 spiro atoms. The molecule has 1 heterocycles. The Morgan fingerprint density at radius 1 is 1.46 bits per heavy atom. The van der Waals surface area contributed by atoms with Crippen LogP contribution in [0, 0.1) is 0 Å². The Labute approximate surface area is 77.9 Å². The lowest BCUT2D eigenvalue weighted by Gasteiger charge is -2.14. The zero-order valence-corrected chi connectivity index (χ0v) is 8.53. The van der Waals surface area contributed by atoms with Gasteiger partial charge in [0.05, 0.1) is 0 Å². The van der Waals surface area contributed by atoms with Crippen LogP contribution in [0.5, 0.6) is 0 Å². The van der Waals surface area contributed by atoms with Gasteiger partial charge in [0, 0.05) is 26.1 Å². The van der Waals surface area contributed by atoms with Gasteiger partial charge in [0.15, 0.2) is 0 Å². The molecule has 1 aromatic heterocycles. The maximum absolute atomic E-state index is 5.81. The van der Waals surface area contributed by atoms with E-state index >= 15 is 0 Å². The third kappa shape index (κ3) is 3.02. The molecule has 0 aliphatic heterocycles. The Bertz CT molecular complexity index is 274. The summed E-state index contributed by atoms with van der Waals surface area (Å²) in [6.45, 7) is 3.85. The van der Waals surface area contributed by atoms with Crippen molar-refractivity contribution in [1.82, 2.24) is 10.1 Å². The molecule has 13 heavy (non-hydrogen) atoms. The Balaban J connectivity index is 2.70. The van der Waals surface area contributed by atoms with E-state index in [0.717, 1.165) is 0 Å². The normalized spacial score (nSPS) is 11.8. The monoisotopic (exact) mass is 184 g/mol. The van der Waals surface area contributed by atoms with E-state index in [-0.39, 0.29) is 5.54 Å². The Kier molecular flexibility index (Phi) is 2.56. The molecule has 0 fully saturated rings. The van der Waals surface area contributed by atoms with E-state index < -0.39 is 0 Å². The fourth-order valence-electron chi connectivity index (χ4n) is 0.889. The van der Waals surface area contributed by atoms with Crippen molar-refractivity contribution in [1.29, 1.82) is 0 Å². The van der Waals surface area contributed by atoms with Crippen LogP contribution >= 0.6 is 0 Å². The van der Waals surface area contributed by atoms with Crippen molar-refractivity contribution >= 4 is 5.95 Å². The summed E-state index contributed by atoms with van der Waals surface area (Å²) in [6, 6.07) is 0. The van der Waals surface area contributed by atoms with Gasteiger partial charge in [-0.2, -0.15) is 4.98 Å². The first-order chi connectivity index (χ1) is 5.88. The van der Waals surface area contributed by atoms with Crippen LogP contribution in [0.1, 0.15) is 19.7 Å². The lowest BCUT2D eigenvalue weighted by atomic mass is 10.0. The number of nitrogens with two attached hydrogens (primary N) is 1. The van der Waals surface area contributed by atoms with Gasteiger partial charge in [-0.15, -0.1) is 0 Å². The second kappa shape index (κ2) is 3.33. The topological polar surface area (TPSA) is 68.2 Å². The largest absolute Gasteiger partial charge is 0.344 e. The van der Waals surface area contributed by atoms with Gasteiger partial charge in [0.1, 0.15) is 0 Å². The maximum Gasteiger partial charge on any atom is 0.265 e. The molecule has 0 aliphatic rings. The molecule has 0 saturated heterocycles. The minimum absolute atomic E-state index is 0.309. The summed E-state index contributed by atoms with van der Waals surface area (Å²) in [5, 5.41) is 3.78. The van der Waals surface area contributed by atoms with Crippen LogP contribution in [0.15, 0.2) is 4.52 Å². The van der Waals surface area contributed by atoms with Gasteiger partial charge in [0.2, 0.25) is 5.89 Å². The van der Waals surface area contributed by atoms with Crippen LogP contribution in [0.2, 0.25) is 0 Å². The molecule has 0 saturated carbocycles. The third-order valence-electron chi connectivity index (χ3n) is 1.46. The van der Waals surface area contributed by atoms with E-state index in [1.165, 1.54) is 0 Å². The molecule has 0 radical (unpaired) electrons. The fraction of sp³-hybridized carbons (Fsp3) is 0.750. The lowest BCUT2D eigenvalue weighted by molar-refractivity contribution is 0.348. The molecule has 0 atom stereocenters. The van der Waals surface area contributed by atoms with E-state index in [2.05, 4.69) is 10.1 Å². The summed E-state index contributed by atoms with van der Waals surface area (Å²) < 4.78 is 5.02. The fourth-order valence-corrected chi connectivity index (χ4v) is 0.889. The SMILES string of the molecule is CN(C)c1noc(CC(C)(C)N)n1. The highest BCUT2D eigenvalue weighted by molar-refractivity contribution is 5.23. The highest BCUT2D eigenvalue weighted by atomic mass is 16.5. The Hall–Kier alpha value is -1.10. The van der Waals surface area contributed by atoms with Crippen molar-refractivity contribution < 1.29 is 4.52 Å². The van der Waals surface area contributed by atoms with E-state index in [9.17, 15) is 0 Å². The van der Waals surface area contributed by atoms with Crippen LogP contribution in [0.4, 0.5) is 5.95 Å². The average Bonchev–Trinajstić information content (AvgIpc) is 2.31. The first-order valence-corrected chi connectivity index (χ1v) is 4.17. The van der Waals surface area contributed by atoms with Crippen molar-refractivity contribution in [3.8, 4) is 0 Å². The molecule has 0 unspecified atom stereocenters. The summed E-state index contributed by atoms with van der Waals surface area (Å²) in [4.78, 5) is 5.95. The van der Waals surface area contributed by atoms with Gasteiger partial charge in [-0.05, 0) is 19.0 Å². The average molecular weight is 184 g/mol. The molecular weight excluding hydrogens is 168 g/mol. The van der Waals surface area contributed by atoms with Crippen molar-refractivity contribution in [3.63, 3.8) is 0 Å². The molecule has 1 rings (SSSR count). The van der Waals surface area contributed by atoms with Gasteiger partial charge >= 0.3 is 0 Å². The summed E-state index contributed by atoms with van der Waals surface area (Å²) in [5.74, 6) is 1.16. The van der Waals surface area contributed by atoms with Gasteiger partial charge in [-0.1, -0.05) is 0 Å². The first-order valence-electron chi connectivity index (χ1n) is 4.17. The van der Waals surface area contributed by atoms with Crippen LogP contribution in [-0.2, 0) is 6.42 Å². The summed E-state index contributed by atoms with van der Waals surface area (Å²) >= 11 is 0. The van der Waals surface area contributed by atoms with Crippen LogP contribution in [0.3, 0.4) is 0 Å². The molecule has 5 heteroatoms. The predicted molar refractivity (Wildman–Crippen MR) is 50.6 cm³/mol. The minimum atomic E-state index is -0.309. The third-order valence-corrected chi connectivity index (χ3v) is 1.46. The molecular formula is C8H16N4O. The van der Waals surface area contributed by atoms with Crippen LogP contribution in [-0.4, -0.2) is 29.8 Å². The molecule has 74 valence electrons. The zero-order valence-electron chi connectivity index (χ0n) is 8.53. The number of hydrogen-bond donors (Lipinski definition) is 1. The summed E-state index contributed by atoms with van der Waals surface area (Å²) in [7, 11) is 3.73. The number of hydrogen-bond acceptors (Lipinski definition) is 5. The van der Waals surface area contributed by atoms with Crippen molar-refractivity contribution in [2.24, 2.45) is 5.73 Å². The molecule has 1 aromatic rings. The van der Waals surface area contributed by atoms with E-state index in [1.807, 2.05) is 27.9 Å². The lowest BCUT2D eigenvalue weighted by Crippen LogP contribution is -2.34. The highest BCUT2D eigenvalue weighted by Gasteiger charge is 2.17. The zero-order chi connectivity index (χ0) is 10.1. The van der Waals surface area contributed by atoms with Gasteiger partial charge in [-0.25, -0.2) is 0 Å². The van der Waals surface area contributed by atoms with Crippen molar-refractivity contribution in [2.45, 2.75) is 25.8 Å². The van der Waals surface area contributed by atoms with E-state index in [4.69, 9.17) is 10.3 Å². The van der Waals surface area contributed by atoms with Crippen molar-refractivity contribution in [3.05, 3.63) is 5.89 Å².